The first-order chi connectivity index (χ1) is 9.31. The number of nitrogens with one attached hydrogen (secondary N) is 1. The lowest BCUT2D eigenvalue weighted by Gasteiger charge is -2.18. The Hall–Kier alpha value is -1.67. The molecule has 2 rings (SSSR count). The highest BCUT2D eigenvalue weighted by atomic mass is 32.2. The van der Waals surface area contributed by atoms with Crippen molar-refractivity contribution in [3.05, 3.63) is 29.1 Å². The van der Waals surface area contributed by atoms with E-state index in [0.717, 1.165) is 18.9 Å². The van der Waals surface area contributed by atoms with Crippen LogP contribution in [0.5, 0.6) is 0 Å². The number of nitrogens with zero attached hydrogens (tertiary/aromatic N) is 1. The molecule has 1 heterocycles. The van der Waals surface area contributed by atoms with Gasteiger partial charge in [0, 0.05) is 13.1 Å². The standard InChI is InChI=1S/C12H15FN2O4S/c1-8-6-9(13)11(12(16)17)10(7-8)14-20(18,19)15-4-2-3-5-15/h6-7,14H,2-5H2,1H3,(H,16,17). The molecule has 0 unspecified atom stereocenters. The maximum absolute atomic E-state index is 13.7. The maximum Gasteiger partial charge on any atom is 0.340 e. The Labute approximate surface area is 116 Å². The largest absolute Gasteiger partial charge is 0.478 e. The lowest BCUT2D eigenvalue weighted by Crippen LogP contribution is -2.34. The number of hydrogen-bond donors (Lipinski definition) is 2. The first-order valence-electron chi connectivity index (χ1n) is 6.12. The molecule has 20 heavy (non-hydrogen) atoms. The first-order valence-corrected chi connectivity index (χ1v) is 7.56. The van der Waals surface area contributed by atoms with Crippen molar-refractivity contribution in [2.75, 3.05) is 17.8 Å². The zero-order chi connectivity index (χ0) is 14.9. The molecule has 8 heteroatoms. The van der Waals surface area contributed by atoms with Gasteiger partial charge in [-0.3, -0.25) is 4.72 Å². The molecule has 6 nitrogen and oxygen atoms in total. The summed E-state index contributed by atoms with van der Waals surface area (Å²) in [5.41, 5.74) is -0.480. The summed E-state index contributed by atoms with van der Waals surface area (Å²) in [7, 11) is -3.85. The SMILES string of the molecule is Cc1cc(F)c(C(=O)O)c(NS(=O)(=O)N2CCCC2)c1. The Morgan fingerprint density at radius 3 is 2.50 bits per heavy atom. The van der Waals surface area contributed by atoms with Crippen LogP contribution in [0, 0.1) is 12.7 Å². The minimum absolute atomic E-state index is 0.248. The molecule has 0 aliphatic carbocycles. The fraction of sp³-hybridized carbons (Fsp3) is 0.417. The summed E-state index contributed by atoms with van der Waals surface area (Å²) in [5, 5.41) is 9.01. The average Bonchev–Trinajstić information content (AvgIpc) is 2.79. The van der Waals surface area contributed by atoms with Crippen LogP contribution in [0.1, 0.15) is 28.8 Å². The second-order valence-corrected chi connectivity index (χ2v) is 6.36. The van der Waals surface area contributed by atoms with Gasteiger partial charge in [0.2, 0.25) is 0 Å². The number of carbonyl (C=O) groups is 1. The van der Waals surface area contributed by atoms with Crippen LogP contribution in [0.2, 0.25) is 0 Å². The van der Waals surface area contributed by atoms with E-state index in [1.807, 2.05) is 0 Å². The van der Waals surface area contributed by atoms with Gasteiger partial charge in [-0.15, -0.1) is 0 Å². The highest BCUT2D eigenvalue weighted by molar-refractivity contribution is 7.90. The minimum Gasteiger partial charge on any atom is -0.478 e. The van der Waals surface area contributed by atoms with Gasteiger partial charge in [0.1, 0.15) is 11.4 Å². The number of carboxylic acid groups (broad SMARTS) is 1. The lowest BCUT2D eigenvalue weighted by molar-refractivity contribution is 0.0693. The Morgan fingerprint density at radius 1 is 1.35 bits per heavy atom. The van der Waals surface area contributed by atoms with Gasteiger partial charge < -0.3 is 5.11 Å². The van der Waals surface area contributed by atoms with Gasteiger partial charge in [0.05, 0.1) is 5.69 Å². The van der Waals surface area contributed by atoms with E-state index in [2.05, 4.69) is 4.72 Å². The monoisotopic (exact) mass is 302 g/mol. The third-order valence-electron chi connectivity index (χ3n) is 3.09. The molecular formula is C12H15FN2O4S. The molecule has 0 atom stereocenters. The highest BCUT2D eigenvalue weighted by Crippen LogP contribution is 2.24. The molecule has 0 spiro atoms. The van der Waals surface area contributed by atoms with Crippen molar-refractivity contribution in [1.82, 2.24) is 4.31 Å². The fourth-order valence-electron chi connectivity index (χ4n) is 2.17. The Bertz CT molecular complexity index is 639. The summed E-state index contributed by atoms with van der Waals surface area (Å²) in [4.78, 5) is 11.1. The van der Waals surface area contributed by atoms with E-state index in [1.165, 1.54) is 10.4 Å². The molecule has 0 saturated carbocycles. The van der Waals surface area contributed by atoms with Gasteiger partial charge in [-0.05, 0) is 37.5 Å². The second kappa shape index (κ2) is 5.37. The van der Waals surface area contributed by atoms with Crippen molar-refractivity contribution < 1.29 is 22.7 Å². The predicted molar refractivity (Wildman–Crippen MR) is 71.4 cm³/mol. The molecule has 1 aliphatic heterocycles. The van der Waals surface area contributed by atoms with Gasteiger partial charge in [-0.25, -0.2) is 9.18 Å². The van der Waals surface area contributed by atoms with Crippen LogP contribution >= 0.6 is 0 Å². The van der Waals surface area contributed by atoms with E-state index in [1.54, 1.807) is 6.92 Å². The smallest absolute Gasteiger partial charge is 0.340 e. The van der Waals surface area contributed by atoms with E-state index in [-0.39, 0.29) is 5.69 Å². The maximum atomic E-state index is 13.7. The zero-order valence-corrected chi connectivity index (χ0v) is 11.7. The van der Waals surface area contributed by atoms with Crippen molar-refractivity contribution in [3.63, 3.8) is 0 Å². The average molecular weight is 302 g/mol. The predicted octanol–water partition coefficient (Wildman–Crippen LogP) is 1.58. The van der Waals surface area contributed by atoms with Crippen LogP contribution in [0.3, 0.4) is 0 Å². The fourth-order valence-corrected chi connectivity index (χ4v) is 3.48. The molecule has 1 saturated heterocycles. The Balaban J connectivity index is 2.40. The first kappa shape index (κ1) is 14.7. The summed E-state index contributed by atoms with van der Waals surface area (Å²) in [6.07, 6.45) is 1.52. The number of hydrogen-bond acceptors (Lipinski definition) is 3. The van der Waals surface area contributed by atoms with Crippen LogP contribution in [0.15, 0.2) is 12.1 Å². The summed E-state index contributed by atoms with van der Waals surface area (Å²) >= 11 is 0. The molecule has 0 amide bonds. The number of aromatic carboxylic acids is 1. The molecule has 1 aromatic carbocycles. The highest BCUT2D eigenvalue weighted by Gasteiger charge is 2.27. The van der Waals surface area contributed by atoms with E-state index >= 15 is 0 Å². The molecule has 1 aliphatic rings. The normalized spacial score (nSPS) is 16.3. The second-order valence-electron chi connectivity index (χ2n) is 4.69. The van der Waals surface area contributed by atoms with E-state index in [0.29, 0.717) is 18.7 Å². The van der Waals surface area contributed by atoms with Crippen LogP contribution < -0.4 is 4.72 Å². The summed E-state index contributed by atoms with van der Waals surface area (Å²) < 4.78 is 41.3. The molecule has 1 fully saturated rings. The summed E-state index contributed by atoms with van der Waals surface area (Å²) in [5.74, 6) is -2.47. The molecule has 2 N–H and O–H groups in total. The summed E-state index contributed by atoms with van der Waals surface area (Å²) in [6.45, 7) is 2.32. The minimum atomic E-state index is -3.85. The number of rotatable bonds is 4. The topological polar surface area (TPSA) is 86.7 Å². The molecule has 0 bridgehead atoms. The molecule has 0 aromatic heterocycles. The van der Waals surface area contributed by atoms with Crippen molar-refractivity contribution in [1.29, 1.82) is 0 Å². The van der Waals surface area contributed by atoms with Crippen molar-refractivity contribution in [2.45, 2.75) is 19.8 Å². The van der Waals surface area contributed by atoms with Crippen LogP contribution in [-0.2, 0) is 10.2 Å². The number of anilines is 1. The molecule has 1 aromatic rings. The molecular weight excluding hydrogens is 287 g/mol. The quantitative estimate of drug-likeness (QED) is 0.884. The van der Waals surface area contributed by atoms with Gasteiger partial charge in [-0.1, -0.05) is 0 Å². The van der Waals surface area contributed by atoms with Gasteiger partial charge >= 0.3 is 16.2 Å². The number of benzene rings is 1. The Morgan fingerprint density at radius 2 is 1.95 bits per heavy atom. The summed E-state index contributed by atoms with van der Waals surface area (Å²) in [6, 6.07) is 2.36. The van der Waals surface area contributed by atoms with Crippen molar-refractivity contribution in [2.24, 2.45) is 0 Å². The molecule has 110 valence electrons. The van der Waals surface area contributed by atoms with Crippen LogP contribution in [-0.4, -0.2) is 36.9 Å². The van der Waals surface area contributed by atoms with Gasteiger partial charge in [-0.2, -0.15) is 12.7 Å². The number of carboxylic acids is 1. The number of aryl methyl sites for hydroxylation is 1. The third kappa shape index (κ3) is 2.91. The van der Waals surface area contributed by atoms with Crippen molar-refractivity contribution >= 4 is 21.9 Å². The Kier molecular flexibility index (Phi) is 3.96. The molecule has 0 radical (unpaired) electrons. The van der Waals surface area contributed by atoms with Crippen LogP contribution in [0.4, 0.5) is 10.1 Å². The lowest BCUT2D eigenvalue weighted by atomic mass is 10.1. The van der Waals surface area contributed by atoms with Gasteiger partial charge in [0.25, 0.3) is 0 Å². The number of halogens is 1. The third-order valence-corrected chi connectivity index (χ3v) is 4.62. The zero-order valence-electron chi connectivity index (χ0n) is 10.9. The van der Waals surface area contributed by atoms with Crippen LogP contribution in [0.25, 0.3) is 0 Å². The van der Waals surface area contributed by atoms with E-state index < -0.39 is 27.6 Å². The van der Waals surface area contributed by atoms with Crippen molar-refractivity contribution in [3.8, 4) is 0 Å². The van der Waals surface area contributed by atoms with E-state index in [4.69, 9.17) is 5.11 Å². The van der Waals surface area contributed by atoms with Gasteiger partial charge in [0.15, 0.2) is 0 Å². The van der Waals surface area contributed by atoms with E-state index in [9.17, 15) is 17.6 Å².